The maximum absolute atomic E-state index is 6.49. The molecule has 0 amide bonds. The summed E-state index contributed by atoms with van der Waals surface area (Å²) in [5, 5.41) is 0. The second-order valence-corrected chi connectivity index (χ2v) is 8.58. The lowest BCUT2D eigenvalue weighted by Gasteiger charge is -2.29. The molecule has 170 valence electrons. The molecule has 6 heteroatoms. The van der Waals surface area contributed by atoms with Crippen LogP contribution in [0.3, 0.4) is 0 Å². The van der Waals surface area contributed by atoms with E-state index < -0.39 is 5.79 Å². The van der Waals surface area contributed by atoms with Crippen molar-refractivity contribution in [2.45, 2.75) is 52.0 Å². The van der Waals surface area contributed by atoms with Gasteiger partial charge in [0.25, 0.3) is 0 Å². The molecule has 1 fully saturated rings. The highest BCUT2D eigenvalue weighted by Gasteiger charge is 2.42. The van der Waals surface area contributed by atoms with E-state index in [0.29, 0.717) is 19.8 Å². The molecular formula is C26H32N2O4. The highest BCUT2D eigenvalue weighted by atomic mass is 16.8. The Morgan fingerprint density at radius 2 is 1.88 bits per heavy atom. The quantitative estimate of drug-likeness (QED) is 0.489. The molecule has 2 heterocycles. The van der Waals surface area contributed by atoms with Crippen LogP contribution in [0.2, 0.25) is 0 Å². The maximum atomic E-state index is 6.49. The Balaban J connectivity index is 1.43. The summed E-state index contributed by atoms with van der Waals surface area (Å²) < 4.78 is 26.2. The van der Waals surface area contributed by atoms with Crippen LogP contribution in [0, 0.1) is 20.8 Å². The Morgan fingerprint density at radius 1 is 1.12 bits per heavy atom. The molecule has 2 unspecified atom stereocenters. The zero-order valence-electron chi connectivity index (χ0n) is 19.3. The average Bonchev–Trinajstić information content (AvgIpc) is 3.42. The summed E-state index contributed by atoms with van der Waals surface area (Å²) in [5.74, 6) is 1.07. The van der Waals surface area contributed by atoms with Crippen LogP contribution in [0.4, 0.5) is 0 Å². The first-order valence-electron chi connectivity index (χ1n) is 11.1. The van der Waals surface area contributed by atoms with Crippen LogP contribution < -0.4 is 9.47 Å². The van der Waals surface area contributed by atoms with Crippen LogP contribution >= 0.6 is 0 Å². The van der Waals surface area contributed by atoms with Gasteiger partial charge in [0.2, 0.25) is 0 Å². The number of nitrogens with zero attached hydrogens (tertiary/aromatic N) is 2. The van der Waals surface area contributed by atoms with Crippen molar-refractivity contribution < 1.29 is 18.9 Å². The van der Waals surface area contributed by atoms with Crippen molar-refractivity contribution in [1.29, 1.82) is 0 Å². The maximum Gasteiger partial charge on any atom is 0.187 e. The molecule has 1 aliphatic rings. The fraction of sp³-hybridized carbons (Fsp3) is 0.423. The normalized spacial score (nSPS) is 20.4. The predicted molar refractivity (Wildman–Crippen MR) is 123 cm³/mol. The zero-order chi connectivity index (χ0) is 22.6. The van der Waals surface area contributed by atoms with Gasteiger partial charge in [-0.3, -0.25) is 0 Å². The highest BCUT2D eigenvalue weighted by Crippen LogP contribution is 2.32. The Hall–Kier alpha value is -2.83. The summed E-state index contributed by atoms with van der Waals surface area (Å²) in [6.07, 6.45) is 6.94. The van der Waals surface area contributed by atoms with E-state index in [9.17, 15) is 0 Å². The van der Waals surface area contributed by atoms with E-state index >= 15 is 0 Å². The minimum Gasteiger partial charge on any atom is -0.497 e. The second-order valence-electron chi connectivity index (χ2n) is 8.58. The minimum atomic E-state index is -0.716. The molecule has 0 bridgehead atoms. The first-order valence-corrected chi connectivity index (χ1v) is 11.1. The van der Waals surface area contributed by atoms with Crippen molar-refractivity contribution in [2.24, 2.45) is 0 Å². The largest absolute Gasteiger partial charge is 0.497 e. The molecule has 2 atom stereocenters. The third-order valence-corrected chi connectivity index (χ3v) is 5.87. The summed E-state index contributed by atoms with van der Waals surface area (Å²) in [5.41, 5.74) is 4.75. The van der Waals surface area contributed by atoms with Crippen LogP contribution in [0.25, 0.3) is 0 Å². The Kier molecular flexibility index (Phi) is 6.82. The average molecular weight is 437 g/mol. The minimum absolute atomic E-state index is 0.130. The molecule has 1 saturated heterocycles. The number of rotatable bonds is 9. The van der Waals surface area contributed by atoms with Crippen molar-refractivity contribution in [2.75, 3.05) is 20.3 Å². The van der Waals surface area contributed by atoms with E-state index in [2.05, 4.69) is 50.0 Å². The topological polar surface area (TPSA) is 54.7 Å². The molecule has 4 rings (SSSR count). The molecule has 6 nitrogen and oxygen atoms in total. The van der Waals surface area contributed by atoms with E-state index in [-0.39, 0.29) is 6.10 Å². The molecular weight excluding hydrogens is 404 g/mol. The lowest BCUT2D eigenvalue weighted by atomic mass is 10.0. The fourth-order valence-electron chi connectivity index (χ4n) is 4.35. The monoisotopic (exact) mass is 436 g/mol. The standard InChI is InChI=1S/C26H32N2O4/c1-19-13-20(2)25(21(3)14-19)30-15-24-16-31-26(32-24,17-28-12-11-27-18-28)10-9-22-5-7-23(29-4)8-6-22/h5-8,11-14,18,24H,9-10,15-17H2,1-4H3. The zero-order valence-corrected chi connectivity index (χ0v) is 19.3. The Morgan fingerprint density at radius 3 is 2.53 bits per heavy atom. The molecule has 0 N–H and O–H groups in total. The first-order chi connectivity index (χ1) is 15.5. The van der Waals surface area contributed by atoms with E-state index in [4.69, 9.17) is 18.9 Å². The summed E-state index contributed by atoms with van der Waals surface area (Å²) in [6, 6.07) is 12.4. The van der Waals surface area contributed by atoms with Gasteiger partial charge in [0, 0.05) is 18.8 Å². The number of aromatic nitrogens is 2. The summed E-state index contributed by atoms with van der Waals surface area (Å²) in [6.45, 7) is 7.81. The number of aryl methyl sites for hydroxylation is 4. The second kappa shape index (κ2) is 9.76. The van der Waals surface area contributed by atoms with Crippen molar-refractivity contribution in [3.05, 3.63) is 77.4 Å². The number of methoxy groups -OCH3 is 1. The molecule has 1 aliphatic heterocycles. The van der Waals surface area contributed by atoms with Gasteiger partial charge in [-0.2, -0.15) is 0 Å². The van der Waals surface area contributed by atoms with Gasteiger partial charge in [-0.05, 0) is 56.0 Å². The lowest BCUT2D eigenvalue weighted by Crippen LogP contribution is -2.37. The number of ether oxygens (including phenoxy) is 4. The molecule has 0 radical (unpaired) electrons. The van der Waals surface area contributed by atoms with Gasteiger partial charge in [-0.1, -0.05) is 29.8 Å². The lowest BCUT2D eigenvalue weighted by molar-refractivity contribution is -0.184. The van der Waals surface area contributed by atoms with Crippen LogP contribution in [0.15, 0.2) is 55.1 Å². The number of hydrogen-bond donors (Lipinski definition) is 0. The van der Waals surface area contributed by atoms with Gasteiger partial charge in [-0.15, -0.1) is 0 Å². The molecule has 0 spiro atoms. The van der Waals surface area contributed by atoms with E-state index in [0.717, 1.165) is 35.5 Å². The van der Waals surface area contributed by atoms with Gasteiger partial charge >= 0.3 is 0 Å². The first kappa shape index (κ1) is 22.4. The van der Waals surface area contributed by atoms with Crippen LogP contribution in [0.1, 0.15) is 28.7 Å². The molecule has 1 aromatic heterocycles. The van der Waals surface area contributed by atoms with Gasteiger partial charge < -0.3 is 23.5 Å². The summed E-state index contributed by atoms with van der Waals surface area (Å²) in [7, 11) is 1.68. The fourth-order valence-corrected chi connectivity index (χ4v) is 4.35. The molecule has 0 saturated carbocycles. The van der Waals surface area contributed by atoms with Crippen molar-refractivity contribution in [3.8, 4) is 11.5 Å². The number of imidazole rings is 1. The number of benzene rings is 2. The Labute approximate surface area is 190 Å². The van der Waals surface area contributed by atoms with E-state index in [1.165, 1.54) is 11.1 Å². The van der Waals surface area contributed by atoms with Crippen molar-refractivity contribution in [1.82, 2.24) is 9.55 Å². The van der Waals surface area contributed by atoms with Crippen molar-refractivity contribution >= 4 is 0 Å². The van der Waals surface area contributed by atoms with Crippen molar-refractivity contribution in [3.63, 3.8) is 0 Å². The van der Waals surface area contributed by atoms with Crippen LogP contribution in [-0.2, 0) is 22.4 Å². The summed E-state index contributed by atoms with van der Waals surface area (Å²) in [4.78, 5) is 4.17. The van der Waals surface area contributed by atoms with E-state index in [1.54, 1.807) is 19.6 Å². The van der Waals surface area contributed by atoms with Gasteiger partial charge in [0.05, 0.1) is 26.6 Å². The van der Waals surface area contributed by atoms with Gasteiger partial charge in [0.1, 0.15) is 24.2 Å². The Bertz CT molecular complexity index is 994. The van der Waals surface area contributed by atoms with Crippen LogP contribution in [-0.4, -0.2) is 41.8 Å². The highest BCUT2D eigenvalue weighted by molar-refractivity contribution is 5.43. The third-order valence-electron chi connectivity index (χ3n) is 5.87. The number of hydrogen-bond acceptors (Lipinski definition) is 5. The SMILES string of the molecule is COc1ccc(CCC2(Cn3ccnc3)OCC(COc3c(C)cc(C)cc3C)O2)cc1. The summed E-state index contributed by atoms with van der Waals surface area (Å²) >= 11 is 0. The molecule has 0 aliphatic carbocycles. The molecule has 3 aromatic rings. The van der Waals surface area contributed by atoms with Gasteiger partial charge in [-0.25, -0.2) is 4.98 Å². The van der Waals surface area contributed by atoms with E-state index in [1.807, 2.05) is 22.9 Å². The molecule has 2 aromatic carbocycles. The smallest absolute Gasteiger partial charge is 0.187 e. The predicted octanol–water partition coefficient (Wildman–Crippen LogP) is 4.64. The van der Waals surface area contributed by atoms with Gasteiger partial charge in [0.15, 0.2) is 5.79 Å². The third kappa shape index (κ3) is 5.31. The van der Waals surface area contributed by atoms with Crippen LogP contribution in [0.5, 0.6) is 11.5 Å². The molecule has 32 heavy (non-hydrogen) atoms.